The molecule has 0 aliphatic heterocycles. The Morgan fingerprint density at radius 3 is 2.74 bits per heavy atom. The highest BCUT2D eigenvalue weighted by Crippen LogP contribution is 2.12. The van der Waals surface area contributed by atoms with Crippen LogP contribution >= 0.6 is 0 Å². The molecule has 0 amide bonds. The maximum absolute atomic E-state index is 11.0. The molecule has 2 aromatic heterocycles. The molecular weight excluding hydrogens is 266 g/mol. The molecule has 2 rings (SSSR count). The van der Waals surface area contributed by atoms with Gasteiger partial charge < -0.3 is 9.73 Å². The summed E-state index contributed by atoms with van der Waals surface area (Å²) in [5.74, 6) is 0.519. The minimum atomic E-state index is -3.77. The van der Waals surface area contributed by atoms with E-state index in [0.29, 0.717) is 18.8 Å². The highest BCUT2D eigenvalue weighted by atomic mass is 32.2. The van der Waals surface area contributed by atoms with Gasteiger partial charge in [-0.1, -0.05) is 0 Å². The molecule has 0 unspecified atom stereocenters. The molecule has 2 heterocycles. The Labute approximate surface area is 111 Å². The van der Waals surface area contributed by atoms with Crippen LogP contribution in [-0.2, 0) is 23.1 Å². The molecular formula is C12H15N3O3S. The standard InChI is InChI=1S/C12H15N3O3S/c1-9-4-5-14-6-10(9)7-15-8-11-2-3-12(18-11)19(13,16)17/h2-6,15H,7-8H2,1H3,(H2,13,16,17). The molecule has 0 atom stereocenters. The van der Waals surface area contributed by atoms with Crippen molar-refractivity contribution >= 4 is 10.0 Å². The predicted molar refractivity (Wildman–Crippen MR) is 69.6 cm³/mol. The third kappa shape index (κ3) is 3.63. The summed E-state index contributed by atoms with van der Waals surface area (Å²) in [4.78, 5) is 4.05. The lowest BCUT2D eigenvalue weighted by molar-refractivity contribution is 0.402. The van der Waals surface area contributed by atoms with E-state index in [2.05, 4.69) is 10.3 Å². The molecule has 0 radical (unpaired) electrons. The van der Waals surface area contributed by atoms with Crippen LogP contribution in [0, 0.1) is 6.92 Å². The van der Waals surface area contributed by atoms with Gasteiger partial charge >= 0.3 is 0 Å². The number of rotatable bonds is 5. The van der Waals surface area contributed by atoms with Gasteiger partial charge in [-0.2, -0.15) is 0 Å². The van der Waals surface area contributed by atoms with Gasteiger partial charge in [-0.3, -0.25) is 4.98 Å². The topological polar surface area (TPSA) is 98.2 Å². The summed E-state index contributed by atoms with van der Waals surface area (Å²) < 4.78 is 27.2. The van der Waals surface area contributed by atoms with E-state index in [4.69, 9.17) is 9.56 Å². The van der Waals surface area contributed by atoms with E-state index in [1.807, 2.05) is 13.0 Å². The molecule has 7 heteroatoms. The normalized spacial score (nSPS) is 11.7. The number of sulfonamides is 1. The third-order valence-corrected chi connectivity index (χ3v) is 3.46. The van der Waals surface area contributed by atoms with E-state index in [1.165, 1.54) is 6.07 Å². The van der Waals surface area contributed by atoms with Gasteiger partial charge in [0, 0.05) is 18.9 Å². The highest BCUT2D eigenvalue weighted by molar-refractivity contribution is 7.89. The maximum atomic E-state index is 11.0. The monoisotopic (exact) mass is 281 g/mol. The molecule has 0 fully saturated rings. The largest absolute Gasteiger partial charge is 0.447 e. The molecule has 0 aliphatic carbocycles. The van der Waals surface area contributed by atoms with E-state index in [-0.39, 0.29) is 5.09 Å². The van der Waals surface area contributed by atoms with E-state index >= 15 is 0 Å². The fourth-order valence-electron chi connectivity index (χ4n) is 1.61. The van der Waals surface area contributed by atoms with Gasteiger partial charge in [0.2, 0.25) is 5.09 Å². The van der Waals surface area contributed by atoms with Crippen LogP contribution in [0.3, 0.4) is 0 Å². The minimum absolute atomic E-state index is 0.221. The zero-order valence-corrected chi connectivity index (χ0v) is 11.3. The first kappa shape index (κ1) is 13.7. The smallest absolute Gasteiger partial charge is 0.271 e. The first-order chi connectivity index (χ1) is 8.97. The summed E-state index contributed by atoms with van der Waals surface area (Å²) in [5, 5.41) is 7.89. The third-order valence-electron chi connectivity index (χ3n) is 2.68. The van der Waals surface area contributed by atoms with Crippen molar-refractivity contribution in [2.45, 2.75) is 25.1 Å². The van der Waals surface area contributed by atoms with Crippen LogP contribution in [0.5, 0.6) is 0 Å². The van der Waals surface area contributed by atoms with Crippen molar-refractivity contribution in [2.24, 2.45) is 5.14 Å². The van der Waals surface area contributed by atoms with E-state index < -0.39 is 10.0 Å². The maximum Gasteiger partial charge on any atom is 0.271 e. The number of nitrogens with zero attached hydrogens (tertiary/aromatic N) is 1. The quantitative estimate of drug-likeness (QED) is 0.849. The molecule has 102 valence electrons. The summed E-state index contributed by atoms with van der Waals surface area (Å²) in [6, 6.07) is 4.87. The second-order valence-corrected chi connectivity index (χ2v) is 5.66. The molecule has 19 heavy (non-hydrogen) atoms. The summed E-state index contributed by atoms with van der Waals surface area (Å²) >= 11 is 0. The number of nitrogens with one attached hydrogen (secondary N) is 1. The van der Waals surface area contributed by atoms with Gasteiger partial charge in [0.25, 0.3) is 10.0 Å². The Bertz CT molecular complexity index is 664. The van der Waals surface area contributed by atoms with Crippen molar-refractivity contribution in [2.75, 3.05) is 0 Å². The van der Waals surface area contributed by atoms with Crippen molar-refractivity contribution < 1.29 is 12.8 Å². The van der Waals surface area contributed by atoms with Crippen LogP contribution in [0.2, 0.25) is 0 Å². The zero-order valence-electron chi connectivity index (χ0n) is 10.5. The minimum Gasteiger partial charge on any atom is -0.447 e. The van der Waals surface area contributed by atoms with Crippen molar-refractivity contribution in [3.8, 4) is 0 Å². The van der Waals surface area contributed by atoms with Crippen LogP contribution in [0.15, 0.2) is 40.1 Å². The van der Waals surface area contributed by atoms with Gasteiger partial charge in [-0.25, -0.2) is 13.6 Å². The van der Waals surface area contributed by atoms with Gasteiger partial charge in [-0.05, 0) is 36.2 Å². The number of aromatic nitrogens is 1. The fraction of sp³-hybridized carbons (Fsp3) is 0.250. The molecule has 0 saturated carbocycles. The lowest BCUT2D eigenvalue weighted by Gasteiger charge is -2.05. The van der Waals surface area contributed by atoms with Crippen molar-refractivity contribution in [1.82, 2.24) is 10.3 Å². The first-order valence-corrected chi connectivity index (χ1v) is 7.23. The number of hydrogen-bond donors (Lipinski definition) is 2. The summed E-state index contributed by atoms with van der Waals surface area (Å²) in [7, 11) is -3.77. The number of nitrogens with two attached hydrogens (primary N) is 1. The van der Waals surface area contributed by atoms with Crippen LogP contribution in [0.1, 0.15) is 16.9 Å². The second kappa shape index (κ2) is 5.52. The number of aryl methyl sites for hydroxylation is 1. The first-order valence-electron chi connectivity index (χ1n) is 5.68. The second-order valence-electron chi connectivity index (χ2n) is 4.17. The van der Waals surface area contributed by atoms with Gasteiger partial charge in [0.15, 0.2) is 0 Å². The number of hydrogen-bond acceptors (Lipinski definition) is 5. The summed E-state index contributed by atoms with van der Waals surface area (Å²) in [5.41, 5.74) is 2.23. The molecule has 0 bridgehead atoms. The Morgan fingerprint density at radius 2 is 2.11 bits per heavy atom. The Balaban J connectivity index is 1.93. The zero-order chi connectivity index (χ0) is 13.9. The Kier molecular flexibility index (Phi) is 3.98. The number of furan rings is 1. The molecule has 0 spiro atoms. The molecule has 0 aliphatic rings. The molecule has 3 N–H and O–H groups in total. The summed E-state index contributed by atoms with van der Waals surface area (Å²) in [6.45, 7) is 3.06. The number of pyridine rings is 1. The van der Waals surface area contributed by atoms with Crippen LogP contribution in [-0.4, -0.2) is 13.4 Å². The van der Waals surface area contributed by atoms with Gasteiger partial charge in [-0.15, -0.1) is 0 Å². The van der Waals surface area contributed by atoms with Gasteiger partial charge in [0.1, 0.15) is 5.76 Å². The molecule has 0 saturated heterocycles. The molecule has 6 nitrogen and oxygen atoms in total. The van der Waals surface area contributed by atoms with Crippen LogP contribution < -0.4 is 10.5 Å². The number of primary sulfonamides is 1. The van der Waals surface area contributed by atoms with E-state index in [9.17, 15) is 8.42 Å². The van der Waals surface area contributed by atoms with Crippen LogP contribution in [0.25, 0.3) is 0 Å². The molecule has 2 aromatic rings. The Morgan fingerprint density at radius 1 is 1.32 bits per heavy atom. The summed E-state index contributed by atoms with van der Waals surface area (Å²) in [6.07, 6.45) is 3.53. The Hall–Kier alpha value is -1.70. The van der Waals surface area contributed by atoms with Crippen molar-refractivity contribution in [1.29, 1.82) is 0 Å². The molecule has 0 aromatic carbocycles. The SMILES string of the molecule is Cc1ccncc1CNCc1ccc(S(N)(=O)=O)o1. The van der Waals surface area contributed by atoms with Crippen LogP contribution in [0.4, 0.5) is 0 Å². The van der Waals surface area contributed by atoms with Crippen molar-refractivity contribution in [3.05, 3.63) is 47.5 Å². The predicted octanol–water partition coefficient (Wildman–Crippen LogP) is 0.920. The highest BCUT2D eigenvalue weighted by Gasteiger charge is 2.12. The lowest BCUT2D eigenvalue weighted by Crippen LogP contribution is -2.13. The lowest BCUT2D eigenvalue weighted by atomic mass is 10.1. The average molecular weight is 281 g/mol. The van der Waals surface area contributed by atoms with Gasteiger partial charge in [0.05, 0.1) is 6.54 Å². The fourth-order valence-corrected chi connectivity index (χ4v) is 2.09. The van der Waals surface area contributed by atoms with Crippen molar-refractivity contribution in [3.63, 3.8) is 0 Å². The van der Waals surface area contributed by atoms with E-state index in [0.717, 1.165) is 11.1 Å². The van der Waals surface area contributed by atoms with E-state index in [1.54, 1.807) is 18.5 Å². The average Bonchev–Trinajstić information content (AvgIpc) is 2.80.